The van der Waals surface area contributed by atoms with E-state index in [1.165, 1.54) is 21.0 Å². The van der Waals surface area contributed by atoms with Gasteiger partial charge in [-0.1, -0.05) is 20.3 Å². The van der Waals surface area contributed by atoms with Crippen LogP contribution in [0.15, 0.2) is 16.7 Å². The normalized spacial score (nSPS) is 39.5. The maximum atomic E-state index is 13.0. The van der Waals surface area contributed by atoms with E-state index in [1.807, 2.05) is 6.92 Å². The molecule has 0 radical (unpaired) electrons. The Bertz CT molecular complexity index is 937. The predicted octanol–water partition coefficient (Wildman–Crippen LogP) is 3.01. The molecule has 0 aromatic carbocycles. The van der Waals surface area contributed by atoms with Crippen LogP contribution < -0.4 is 0 Å². The van der Waals surface area contributed by atoms with Crippen molar-refractivity contribution in [3.05, 3.63) is 23.7 Å². The summed E-state index contributed by atoms with van der Waals surface area (Å²) >= 11 is 0. The van der Waals surface area contributed by atoms with Crippen molar-refractivity contribution in [2.24, 2.45) is 28.6 Å². The molecule has 1 aromatic heterocycles. The number of hydrogen-bond acceptors (Lipinski definition) is 8. The van der Waals surface area contributed by atoms with Crippen molar-refractivity contribution >= 4 is 17.9 Å². The highest BCUT2D eigenvalue weighted by atomic mass is 16.6. The number of aliphatic hydroxyl groups is 1. The van der Waals surface area contributed by atoms with Gasteiger partial charge in [-0.25, -0.2) is 0 Å². The van der Waals surface area contributed by atoms with Crippen LogP contribution in [0.2, 0.25) is 0 Å². The summed E-state index contributed by atoms with van der Waals surface area (Å²) in [6, 6.07) is 1.77. The summed E-state index contributed by atoms with van der Waals surface area (Å²) in [5, 5.41) is 11.8. The molecule has 4 rings (SSSR count). The van der Waals surface area contributed by atoms with Gasteiger partial charge in [0.2, 0.25) is 0 Å². The minimum absolute atomic E-state index is 0.102. The number of esters is 3. The Hall–Kier alpha value is -2.35. The first-order valence-corrected chi connectivity index (χ1v) is 11.7. The molecule has 1 N–H and O–H groups in total. The molecule has 8 atom stereocenters. The summed E-state index contributed by atoms with van der Waals surface area (Å²) in [5.41, 5.74) is -0.177. The Labute approximate surface area is 193 Å². The standard InChI is InChI=1S/C25H34O8/c1-13(26)32-12-24(3)8-6-9-25(4)16-11-17-15(7-10-31-17)18(23(29)30-5)19(16)21(33-14(2)27)20(28)22(24)25/h7,10,16,18-22,28H,6,8-9,11-12H2,1-5H3/t16-,18+,19+,20-,21+,22-,24-,25+/m0/s1. The lowest BCUT2D eigenvalue weighted by molar-refractivity contribution is -0.238. The number of carbonyl (C=O) groups excluding carboxylic acids is 3. The van der Waals surface area contributed by atoms with Crippen molar-refractivity contribution in [2.45, 2.75) is 71.5 Å². The molecule has 3 aliphatic rings. The first-order valence-electron chi connectivity index (χ1n) is 11.7. The minimum Gasteiger partial charge on any atom is -0.469 e. The molecule has 0 spiro atoms. The average molecular weight is 463 g/mol. The second-order valence-electron chi connectivity index (χ2n) is 10.5. The van der Waals surface area contributed by atoms with Gasteiger partial charge in [-0.15, -0.1) is 0 Å². The van der Waals surface area contributed by atoms with Gasteiger partial charge in [0, 0.05) is 43.1 Å². The van der Waals surface area contributed by atoms with E-state index in [4.69, 9.17) is 18.6 Å². The third-order valence-electron chi connectivity index (χ3n) is 8.56. The molecular weight excluding hydrogens is 428 g/mol. The Morgan fingerprint density at radius 1 is 1.18 bits per heavy atom. The van der Waals surface area contributed by atoms with Crippen LogP contribution in [0, 0.1) is 28.6 Å². The van der Waals surface area contributed by atoms with Gasteiger partial charge < -0.3 is 23.7 Å². The molecule has 33 heavy (non-hydrogen) atoms. The number of ether oxygens (including phenoxy) is 3. The first kappa shape index (κ1) is 23.8. The lowest BCUT2D eigenvalue weighted by Crippen LogP contribution is -2.67. The summed E-state index contributed by atoms with van der Waals surface area (Å²) in [5.74, 6) is -2.16. The van der Waals surface area contributed by atoms with Crippen LogP contribution in [0.3, 0.4) is 0 Å². The molecule has 0 saturated heterocycles. The molecule has 1 aromatic rings. The van der Waals surface area contributed by atoms with E-state index in [2.05, 4.69) is 6.92 Å². The molecular formula is C25H34O8. The van der Waals surface area contributed by atoms with Gasteiger partial charge in [0.25, 0.3) is 0 Å². The highest BCUT2D eigenvalue weighted by molar-refractivity contribution is 5.79. The maximum Gasteiger partial charge on any atom is 0.313 e. The van der Waals surface area contributed by atoms with Gasteiger partial charge in [0.15, 0.2) is 0 Å². The fraction of sp³-hybridized carbons (Fsp3) is 0.720. The maximum absolute atomic E-state index is 13.0. The van der Waals surface area contributed by atoms with Crippen molar-refractivity contribution in [1.29, 1.82) is 0 Å². The molecule has 0 unspecified atom stereocenters. The number of carbonyl (C=O) groups is 3. The number of aliphatic hydroxyl groups excluding tert-OH is 1. The van der Waals surface area contributed by atoms with Crippen LogP contribution in [0.5, 0.6) is 0 Å². The van der Waals surface area contributed by atoms with Crippen molar-refractivity contribution in [1.82, 2.24) is 0 Å². The minimum atomic E-state index is -1.03. The van der Waals surface area contributed by atoms with E-state index in [-0.39, 0.29) is 24.4 Å². The van der Waals surface area contributed by atoms with Crippen LogP contribution in [-0.4, -0.2) is 48.9 Å². The van der Waals surface area contributed by atoms with Gasteiger partial charge in [-0.3, -0.25) is 14.4 Å². The average Bonchev–Trinajstić information content (AvgIpc) is 3.21. The molecule has 2 fully saturated rings. The quantitative estimate of drug-likeness (QED) is 0.537. The summed E-state index contributed by atoms with van der Waals surface area (Å²) in [6.07, 6.45) is 2.72. The molecule has 2 saturated carbocycles. The Morgan fingerprint density at radius 3 is 2.55 bits per heavy atom. The van der Waals surface area contributed by atoms with Gasteiger partial charge in [0.05, 0.1) is 32.0 Å². The third-order valence-corrected chi connectivity index (χ3v) is 8.56. The van der Waals surface area contributed by atoms with Crippen molar-refractivity contribution in [3.63, 3.8) is 0 Å². The van der Waals surface area contributed by atoms with Crippen molar-refractivity contribution in [2.75, 3.05) is 13.7 Å². The van der Waals surface area contributed by atoms with Crippen LogP contribution in [0.25, 0.3) is 0 Å². The second-order valence-corrected chi connectivity index (χ2v) is 10.5. The lowest BCUT2D eigenvalue weighted by atomic mass is 9.42. The summed E-state index contributed by atoms with van der Waals surface area (Å²) < 4.78 is 22.2. The lowest BCUT2D eigenvalue weighted by Gasteiger charge is -2.64. The van der Waals surface area contributed by atoms with E-state index in [0.717, 1.165) is 30.6 Å². The zero-order valence-corrected chi connectivity index (χ0v) is 20.0. The van der Waals surface area contributed by atoms with Gasteiger partial charge in [-0.05, 0) is 30.2 Å². The number of hydrogen-bond donors (Lipinski definition) is 1. The third kappa shape index (κ3) is 3.76. The fourth-order valence-electron chi connectivity index (χ4n) is 7.46. The van der Waals surface area contributed by atoms with Crippen molar-refractivity contribution in [3.8, 4) is 0 Å². The van der Waals surface area contributed by atoms with Gasteiger partial charge in [-0.2, -0.15) is 0 Å². The highest BCUT2D eigenvalue weighted by Gasteiger charge is 2.67. The van der Waals surface area contributed by atoms with Gasteiger partial charge in [0.1, 0.15) is 11.9 Å². The molecule has 1 heterocycles. The number of methoxy groups -OCH3 is 1. The topological polar surface area (TPSA) is 112 Å². The van der Waals surface area contributed by atoms with Crippen LogP contribution in [0.1, 0.15) is 64.2 Å². The Balaban J connectivity index is 1.86. The monoisotopic (exact) mass is 462 g/mol. The van der Waals surface area contributed by atoms with Crippen LogP contribution in [-0.2, 0) is 35.0 Å². The highest BCUT2D eigenvalue weighted by Crippen LogP contribution is 2.65. The second kappa shape index (κ2) is 8.46. The zero-order valence-electron chi connectivity index (χ0n) is 20.0. The molecule has 0 amide bonds. The van der Waals surface area contributed by atoms with Crippen LogP contribution in [0.4, 0.5) is 0 Å². The Morgan fingerprint density at radius 2 is 1.91 bits per heavy atom. The molecule has 3 aliphatic carbocycles. The molecule has 8 heteroatoms. The van der Waals surface area contributed by atoms with Gasteiger partial charge >= 0.3 is 17.9 Å². The largest absolute Gasteiger partial charge is 0.469 e. The van der Waals surface area contributed by atoms with Crippen molar-refractivity contribution < 1.29 is 38.1 Å². The smallest absolute Gasteiger partial charge is 0.313 e. The van der Waals surface area contributed by atoms with E-state index >= 15 is 0 Å². The number of rotatable bonds is 4. The predicted molar refractivity (Wildman–Crippen MR) is 116 cm³/mol. The SMILES string of the molecule is COC(=O)[C@@H]1c2ccoc2C[C@H]2[C@H]1[C@@H](OC(C)=O)[C@H](O)[C@H]1[C@](C)(COC(C)=O)CCC[C@]21C. The molecule has 182 valence electrons. The van der Waals surface area contributed by atoms with Crippen LogP contribution >= 0.6 is 0 Å². The molecule has 8 nitrogen and oxygen atoms in total. The first-order chi connectivity index (χ1) is 15.5. The number of furan rings is 1. The summed E-state index contributed by atoms with van der Waals surface area (Å²) in [6.45, 7) is 7.05. The summed E-state index contributed by atoms with van der Waals surface area (Å²) in [4.78, 5) is 36.8. The van der Waals surface area contributed by atoms with E-state index in [1.54, 1.807) is 12.3 Å². The van der Waals surface area contributed by atoms with E-state index in [0.29, 0.717) is 6.42 Å². The Kier molecular flexibility index (Phi) is 6.10. The van der Waals surface area contributed by atoms with E-state index in [9.17, 15) is 19.5 Å². The molecule has 0 aliphatic heterocycles. The van der Waals surface area contributed by atoms with E-state index < -0.39 is 46.8 Å². The summed E-state index contributed by atoms with van der Waals surface area (Å²) in [7, 11) is 1.34. The zero-order chi connectivity index (χ0) is 24.1. The molecule has 0 bridgehead atoms. The number of fused-ring (bicyclic) bond motifs is 4. The fourth-order valence-corrected chi connectivity index (χ4v) is 7.46.